The van der Waals surface area contributed by atoms with Crippen molar-refractivity contribution in [3.63, 3.8) is 0 Å². The molecule has 24 heavy (non-hydrogen) atoms. The van der Waals surface area contributed by atoms with Crippen LogP contribution >= 0.6 is 0 Å². The van der Waals surface area contributed by atoms with Crippen molar-refractivity contribution in [1.29, 1.82) is 0 Å². The maximum Gasteiger partial charge on any atom is 0.224 e. The molecular weight excluding hydrogens is 304 g/mol. The van der Waals surface area contributed by atoms with Crippen molar-refractivity contribution in [2.24, 2.45) is 0 Å². The van der Waals surface area contributed by atoms with Gasteiger partial charge in [-0.1, -0.05) is 30.6 Å². The lowest BCUT2D eigenvalue weighted by Crippen LogP contribution is -2.33. The lowest BCUT2D eigenvalue weighted by Gasteiger charge is -2.13. The van der Waals surface area contributed by atoms with Gasteiger partial charge in [-0.15, -0.1) is 0 Å². The maximum absolute atomic E-state index is 12.0. The maximum atomic E-state index is 12.0. The van der Waals surface area contributed by atoms with Gasteiger partial charge >= 0.3 is 0 Å². The van der Waals surface area contributed by atoms with Gasteiger partial charge in [0.05, 0.1) is 17.7 Å². The van der Waals surface area contributed by atoms with Gasteiger partial charge in [0.2, 0.25) is 5.91 Å². The largest absolute Gasteiger partial charge is 0.489 e. The average molecular weight is 330 g/mol. The minimum atomic E-state index is 0.0559. The zero-order chi connectivity index (χ0) is 17.5. The molecule has 0 aliphatic carbocycles. The molecule has 1 N–H and O–H groups in total. The molecule has 0 saturated carbocycles. The number of aromatic nitrogens is 1. The van der Waals surface area contributed by atoms with E-state index in [0.29, 0.717) is 13.0 Å². The van der Waals surface area contributed by atoms with E-state index in [2.05, 4.69) is 17.4 Å². The molecule has 0 spiro atoms. The van der Waals surface area contributed by atoms with Crippen molar-refractivity contribution in [2.75, 3.05) is 0 Å². The molecule has 0 aliphatic rings. The van der Waals surface area contributed by atoms with Gasteiger partial charge in [0.25, 0.3) is 0 Å². The molecule has 1 aromatic carbocycles. The van der Waals surface area contributed by atoms with Crippen LogP contribution in [0.25, 0.3) is 0 Å². The Morgan fingerprint density at radius 3 is 2.58 bits per heavy atom. The van der Waals surface area contributed by atoms with E-state index in [0.717, 1.165) is 41.2 Å². The fourth-order valence-electron chi connectivity index (χ4n) is 2.58. The summed E-state index contributed by atoms with van der Waals surface area (Å²) in [6, 6.07) is 7.84. The molecule has 1 aromatic heterocycles. The lowest BCUT2D eigenvalue weighted by molar-refractivity contribution is -0.121. The standard InChI is InChI=1S/C19H26N2O3/c1-5-6-13(2)20-19(22)11-16-7-9-17(10-8-16)23-12-18-14(3)21-24-15(18)4/h7-10,13H,5-6,11-12H2,1-4H3,(H,20,22). The van der Waals surface area contributed by atoms with Gasteiger partial charge in [-0.3, -0.25) is 4.79 Å². The summed E-state index contributed by atoms with van der Waals surface area (Å²) in [5.41, 5.74) is 2.80. The van der Waals surface area contributed by atoms with Crippen molar-refractivity contribution in [1.82, 2.24) is 10.5 Å². The Labute approximate surface area is 143 Å². The highest BCUT2D eigenvalue weighted by atomic mass is 16.5. The Morgan fingerprint density at radius 1 is 1.29 bits per heavy atom. The molecule has 0 saturated heterocycles. The number of aryl methyl sites for hydroxylation is 2. The fraction of sp³-hybridized carbons (Fsp3) is 0.474. The van der Waals surface area contributed by atoms with Crippen molar-refractivity contribution in [3.05, 3.63) is 46.8 Å². The van der Waals surface area contributed by atoms with Crippen LogP contribution in [-0.2, 0) is 17.8 Å². The third kappa shape index (κ3) is 5.11. The van der Waals surface area contributed by atoms with E-state index in [1.807, 2.05) is 45.0 Å². The number of amides is 1. The number of nitrogens with one attached hydrogen (secondary N) is 1. The van der Waals surface area contributed by atoms with Crippen LogP contribution < -0.4 is 10.1 Å². The summed E-state index contributed by atoms with van der Waals surface area (Å²) >= 11 is 0. The summed E-state index contributed by atoms with van der Waals surface area (Å²) in [7, 11) is 0. The average Bonchev–Trinajstić information content (AvgIpc) is 2.85. The van der Waals surface area contributed by atoms with Gasteiger partial charge in [0, 0.05) is 6.04 Å². The molecule has 5 heteroatoms. The van der Waals surface area contributed by atoms with Crippen LogP contribution in [0.3, 0.4) is 0 Å². The predicted octanol–water partition coefficient (Wildman–Crippen LogP) is 3.72. The summed E-state index contributed by atoms with van der Waals surface area (Å²) in [5.74, 6) is 1.60. The molecule has 2 rings (SSSR count). The highest BCUT2D eigenvalue weighted by Gasteiger charge is 2.10. The van der Waals surface area contributed by atoms with Gasteiger partial charge in [-0.25, -0.2) is 0 Å². The van der Waals surface area contributed by atoms with E-state index in [1.54, 1.807) is 0 Å². The first-order chi connectivity index (χ1) is 11.5. The summed E-state index contributed by atoms with van der Waals surface area (Å²) < 4.78 is 10.9. The zero-order valence-electron chi connectivity index (χ0n) is 14.9. The van der Waals surface area contributed by atoms with Crippen LogP contribution in [0.1, 0.15) is 49.3 Å². The van der Waals surface area contributed by atoms with Crippen molar-refractivity contribution in [3.8, 4) is 5.75 Å². The summed E-state index contributed by atoms with van der Waals surface area (Å²) in [5, 5.41) is 6.92. The molecule has 1 atom stereocenters. The molecule has 5 nitrogen and oxygen atoms in total. The second-order valence-corrected chi connectivity index (χ2v) is 6.17. The third-order valence-electron chi connectivity index (χ3n) is 3.98. The lowest BCUT2D eigenvalue weighted by atomic mass is 10.1. The van der Waals surface area contributed by atoms with Gasteiger partial charge in [0.15, 0.2) is 0 Å². The van der Waals surface area contributed by atoms with Crippen molar-refractivity contribution < 1.29 is 14.1 Å². The van der Waals surface area contributed by atoms with E-state index in [9.17, 15) is 4.79 Å². The van der Waals surface area contributed by atoms with Crippen LogP contribution in [-0.4, -0.2) is 17.1 Å². The summed E-state index contributed by atoms with van der Waals surface area (Å²) in [6.45, 7) is 8.35. The number of benzene rings is 1. The Bertz CT molecular complexity index is 642. The number of carbonyl (C=O) groups is 1. The van der Waals surface area contributed by atoms with Crippen LogP contribution in [0.15, 0.2) is 28.8 Å². The molecule has 0 bridgehead atoms. The Kier molecular flexibility index (Phi) is 6.41. The second kappa shape index (κ2) is 8.52. The van der Waals surface area contributed by atoms with E-state index >= 15 is 0 Å². The van der Waals surface area contributed by atoms with Crippen molar-refractivity contribution >= 4 is 5.91 Å². The Hall–Kier alpha value is -2.30. The monoisotopic (exact) mass is 330 g/mol. The first-order valence-electron chi connectivity index (χ1n) is 8.42. The number of hydrogen-bond donors (Lipinski definition) is 1. The SMILES string of the molecule is CCCC(C)NC(=O)Cc1ccc(OCc2c(C)noc2C)cc1. The second-order valence-electron chi connectivity index (χ2n) is 6.17. The van der Waals surface area contributed by atoms with Crippen LogP contribution in [0.2, 0.25) is 0 Å². The number of ether oxygens (including phenoxy) is 1. The fourth-order valence-corrected chi connectivity index (χ4v) is 2.58. The first kappa shape index (κ1) is 18.0. The minimum Gasteiger partial charge on any atom is -0.489 e. The predicted molar refractivity (Wildman–Crippen MR) is 93.0 cm³/mol. The number of carbonyl (C=O) groups excluding carboxylic acids is 1. The molecule has 1 unspecified atom stereocenters. The van der Waals surface area contributed by atoms with E-state index in [4.69, 9.17) is 9.26 Å². The molecule has 0 fully saturated rings. The number of hydrogen-bond acceptors (Lipinski definition) is 4. The van der Waals surface area contributed by atoms with Crippen LogP contribution in [0, 0.1) is 13.8 Å². The van der Waals surface area contributed by atoms with Crippen LogP contribution in [0.4, 0.5) is 0 Å². The first-order valence-corrected chi connectivity index (χ1v) is 8.42. The third-order valence-corrected chi connectivity index (χ3v) is 3.98. The number of rotatable bonds is 8. The van der Waals surface area contributed by atoms with Crippen LogP contribution in [0.5, 0.6) is 5.75 Å². The normalized spacial score (nSPS) is 12.0. The topological polar surface area (TPSA) is 64.4 Å². The van der Waals surface area contributed by atoms with Gasteiger partial charge in [0.1, 0.15) is 18.1 Å². The van der Waals surface area contributed by atoms with Crippen molar-refractivity contribution in [2.45, 2.75) is 59.6 Å². The van der Waals surface area contributed by atoms with E-state index < -0.39 is 0 Å². The molecule has 2 aromatic rings. The highest BCUT2D eigenvalue weighted by molar-refractivity contribution is 5.78. The summed E-state index contributed by atoms with van der Waals surface area (Å²) in [4.78, 5) is 12.0. The minimum absolute atomic E-state index is 0.0559. The molecule has 0 aliphatic heterocycles. The Balaban J connectivity index is 1.85. The zero-order valence-corrected chi connectivity index (χ0v) is 14.9. The number of nitrogens with zero attached hydrogens (tertiary/aromatic N) is 1. The molecule has 130 valence electrons. The smallest absolute Gasteiger partial charge is 0.224 e. The van der Waals surface area contributed by atoms with Gasteiger partial charge in [-0.2, -0.15) is 0 Å². The van der Waals surface area contributed by atoms with E-state index in [1.165, 1.54) is 0 Å². The quantitative estimate of drug-likeness (QED) is 0.801. The highest BCUT2D eigenvalue weighted by Crippen LogP contribution is 2.18. The van der Waals surface area contributed by atoms with E-state index in [-0.39, 0.29) is 11.9 Å². The Morgan fingerprint density at radius 2 is 2.00 bits per heavy atom. The summed E-state index contributed by atoms with van der Waals surface area (Å²) in [6.07, 6.45) is 2.46. The van der Waals surface area contributed by atoms with Gasteiger partial charge < -0.3 is 14.6 Å². The molecular formula is C19H26N2O3. The molecule has 0 radical (unpaired) electrons. The van der Waals surface area contributed by atoms with Gasteiger partial charge in [-0.05, 0) is 44.9 Å². The molecule has 1 heterocycles. The molecule has 1 amide bonds.